The molecule has 0 saturated heterocycles. The molecule has 2 heterocycles. The molecule has 0 radical (unpaired) electrons. The number of anilines is 1. The second-order valence-electron chi connectivity index (χ2n) is 8.73. The smallest absolute Gasteiger partial charge is 0.265 e. The van der Waals surface area contributed by atoms with Gasteiger partial charge in [-0.1, -0.05) is 73.2 Å². The standard InChI is InChI=1S/C28H25N3O3S/c1-3-19-11-13-21(14-12-19)25-23(16-29)28(30)34-26-22-9-4-5-10-24(22)31(35(32,33)27(25)26)17-20-8-6-7-18(2)15-20/h4-15,25H,3,17,30H2,1-2H3/t25-/m1/s1. The Hall–Kier alpha value is -4.02. The van der Waals surface area contributed by atoms with Crippen molar-refractivity contribution in [1.29, 1.82) is 5.26 Å². The maximum absolute atomic E-state index is 14.3. The minimum Gasteiger partial charge on any atom is -0.439 e. The van der Waals surface area contributed by atoms with Crippen LogP contribution in [0.25, 0.3) is 5.76 Å². The molecule has 0 spiro atoms. The normalized spacial score (nSPS) is 18.4. The van der Waals surface area contributed by atoms with Crippen LogP contribution in [0.2, 0.25) is 0 Å². The molecule has 6 nitrogen and oxygen atoms in total. The number of nitrogens with zero attached hydrogens (tertiary/aromatic N) is 2. The van der Waals surface area contributed by atoms with Gasteiger partial charge >= 0.3 is 0 Å². The zero-order valence-corrected chi connectivity index (χ0v) is 20.3. The van der Waals surface area contributed by atoms with Gasteiger partial charge in [-0.2, -0.15) is 5.26 Å². The van der Waals surface area contributed by atoms with Gasteiger partial charge in [-0.3, -0.25) is 4.31 Å². The Balaban J connectivity index is 1.74. The fraction of sp³-hybridized carbons (Fsp3) is 0.179. The molecule has 1 atom stereocenters. The van der Waals surface area contributed by atoms with E-state index in [1.807, 2.05) is 74.5 Å². The van der Waals surface area contributed by atoms with Crippen molar-refractivity contribution in [2.24, 2.45) is 5.73 Å². The summed E-state index contributed by atoms with van der Waals surface area (Å²) in [7, 11) is -4.08. The molecule has 2 aliphatic heterocycles. The lowest BCUT2D eigenvalue weighted by molar-refractivity contribution is 0.357. The van der Waals surface area contributed by atoms with Crippen LogP contribution in [0, 0.1) is 18.3 Å². The molecule has 2 N–H and O–H groups in total. The summed E-state index contributed by atoms with van der Waals surface area (Å²) in [5.41, 5.74) is 11.1. The Kier molecular flexibility index (Phi) is 5.62. The average molecular weight is 484 g/mol. The Labute approximate surface area is 205 Å². The van der Waals surface area contributed by atoms with Gasteiger partial charge in [-0.25, -0.2) is 8.42 Å². The predicted molar refractivity (Wildman–Crippen MR) is 136 cm³/mol. The third kappa shape index (κ3) is 3.76. The van der Waals surface area contributed by atoms with Crippen LogP contribution < -0.4 is 10.0 Å². The van der Waals surface area contributed by atoms with Crippen molar-refractivity contribution < 1.29 is 13.2 Å². The highest BCUT2D eigenvalue weighted by molar-refractivity contribution is 7.96. The van der Waals surface area contributed by atoms with Crippen molar-refractivity contribution >= 4 is 21.5 Å². The van der Waals surface area contributed by atoms with Gasteiger partial charge in [0, 0.05) is 5.56 Å². The highest BCUT2D eigenvalue weighted by atomic mass is 32.2. The van der Waals surface area contributed by atoms with E-state index in [1.165, 1.54) is 4.31 Å². The Morgan fingerprint density at radius 1 is 1.03 bits per heavy atom. The molecular formula is C28H25N3O3S. The molecule has 5 rings (SSSR count). The van der Waals surface area contributed by atoms with Crippen LogP contribution in [-0.2, 0) is 27.7 Å². The number of aryl methyl sites for hydroxylation is 2. The SMILES string of the molecule is CCc1ccc([C@@H]2C(C#N)=C(N)OC3=C2S(=O)(=O)N(Cc2cccc(C)c2)c2ccccc23)cc1. The largest absolute Gasteiger partial charge is 0.439 e. The first-order valence-corrected chi connectivity index (χ1v) is 12.9. The van der Waals surface area contributed by atoms with Gasteiger partial charge in [-0.05, 0) is 42.2 Å². The van der Waals surface area contributed by atoms with Gasteiger partial charge in [0.05, 0.1) is 18.2 Å². The number of fused-ring (bicyclic) bond motifs is 2. The molecule has 0 fully saturated rings. The van der Waals surface area contributed by atoms with Crippen molar-refractivity contribution in [3.05, 3.63) is 117 Å². The molecule has 2 aliphatic rings. The summed E-state index contributed by atoms with van der Waals surface area (Å²) >= 11 is 0. The molecule has 176 valence electrons. The Morgan fingerprint density at radius 3 is 2.46 bits per heavy atom. The molecule has 0 unspecified atom stereocenters. The van der Waals surface area contributed by atoms with Crippen LogP contribution in [-0.4, -0.2) is 8.42 Å². The number of benzene rings is 3. The van der Waals surface area contributed by atoms with E-state index in [4.69, 9.17) is 10.5 Å². The van der Waals surface area contributed by atoms with E-state index in [-0.39, 0.29) is 28.7 Å². The fourth-order valence-corrected chi connectivity index (χ4v) is 6.65. The van der Waals surface area contributed by atoms with E-state index in [1.54, 1.807) is 12.1 Å². The first-order chi connectivity index (χ1) is 16.8. The zero-order chi connectivity index (χ0) is 24.7. The molecule has 0 aliphatic carbocycles. The predicted octanol–water partition coefficient (Wildman–Crippen LogP) is 5.08. The second kappa shape index (κ2) is 8.64. The lowest BCUT2D eigenvalue weighted by atomic mass is 9.87. The molecule has 0 saturated carbocycles. The van der Waals surface area contributed by atoms with E-state index in [9.17, 15) is 13.7 Å². The number of nitriles is 1. The fourth-order valence-electron chi connectivity index (χ4n) is 4.73. The van der Waals surface area contributed by atoms with Crippen molar-refractivity contribution in [2.75, 3.05) is 4.31 Å². The first-order valence-electron chi connectivity index (χ1n) is 11.4. The molecule has 7 heteroatoms. The number of ether oxygens (including phenoxy) is 1. The van der Waals surface area contributed by atoms with Gasteiger partial charge in [0.2, 0.25) is 5.88 Å². The van der Waals surface area contributed by atoms with Crippen molar-refractivity contribution in [1.82, 2.24) is 0 Å². The van der Waals surface area contributed by atoms with Gasteiger partial charge in [0.15, 0.2) is 5.76 Å². The summed E-state index contributed by atoms with van der Waals surface area (Å²) in [5.74, 6) is -0.761. The summed E-state index contributed by atoms with van der Waals surface area (Å²) in [4.78, 5) is 0.0406. The van der Waals surface area contributed by atoms with Crippen molar-refractivity contribution in [2.45, 2.75) is 32.7 Å². The topological polar surface area (TPSA) is 96.4 Å². The number of hydrogen-bond acceptors (Lipinski definition) is 5. The minimum absolute atomic E-state index is 0.0406. The number of nitrogens with two attached hydrogens (primary N) is 1. The summed E-state index contributed by atoms with van der Waals surface area (Å²) in [6, 6.07) is 24.7. The summed E-state index contributed by atoms with van der Waals surface area (Å²) in [6.45, 7) is 4.18. The Morgan fingerprint density at radius 2 is 1.77 bits per heavy atom. The quantitative estimate of drug-likeness (QED) is 0.558. The zero-order valence-electron chi connectivity index (χ0n) is 19.5. The summed E-state index contributed by atoms with van der Waals surface area (Å²) in [6.07, 6.45) is 0.848. The molecule has 0 amide bonds. The van der Waals surface area contributed by atoms with Crippen LogP contribution >= 0.6 is 0 Å². The second-order valence-corrected chi connectivity index (χ2v) is 10.6. The van der Waals surface area contributed by atoms with Crippen LogP contribution in [0.5, 0.6) is 0 Å². The molecule has 3 aromatic rings. The molecule has 0 aromatic heterocycles. The molecule has 0 bridgehead atoms. The van der Waals surface area contributed by atoms with E-state index in [0.29, 0.717) is 16.8 Å². The highest BCUT2D eigenvalue weighted by Crippen LogP contribution is 2.51. The van der Waals surface area contributed by atoms with E-state index in [0.717, 1.165) is 23.1 Å². The molecular weight excluding hydrogens is 458 g/mol. The molecule has 35 heavy (non-hydrogen) atoms. The summed E-state index contributed by atoms with van der Waals surface area (Å²) < 4.78 is 35.9. The minimum atomic E-state index is -4.08. The third-order valence-electron chi connectivity index (χ3n) is 6.49. The van der Waals surface area contributed by atoms with Crippen molar-refractivity contribution in [3.63, 3.8) is 0 Å². The van der Waals surface area contributed by atoms with E-state index >= 15 is 0 Å². The lowest BCUT2D eigenvalue weighted by Gasteiger charge is -2.38. The third-order valence-corrected chi connectivity index (χ3v) is 8.37. The van der Waals surface area contributed by atoms with Gasteiger partial charge in [0.25, 0.3) is 10.0 Å². The maximum Gasteiger partial charge on any atom is 0.265 e. The average Bonchev–Trinajstić information content (AvgIpc) is 2.86. The van der Waals surface area contributed by atoms with Crippen LogP contribution in [0.4, 0.5) is 5.69 Å². The molecule has 3 aromatic carbocycles. The van der Waals surface area contributed by atoms with Gasteiger partial charge < -0.3 is 10.5 Å². The van der Waals surface area contributed by atoms with Crippen LogP contribution in [0.15, 0.2) is 89.2 Å². The van der Waals surface area contributed by atoms with Crippen molar-refractivity contribution in [3.8, 4) is 6.07 Å². The number of rotatable bonds is 4. The summed E-state index contributed by atoms with van der Waals surface area (Å²) in [5, 5.41) is 9.98. The number of para-hydroxylation sites is 1. The maximum atomic E-state index is 14.3. The van der Waals surface area contributed by atoms with E-state index < -0.39 is 15.9 Å². The van der Waals surface area contributed by atoms with E-state index in [2.05, 4.69) is 6.07 Å². The first kappa shape index (κ1) is 22.8. The highest BCUT2D eigenvalue weighted by Gasteiger charge is 2.47. The van der Waals surface area contributed by atoms with Gasteiger partial charge in [0.1, 0.15) is 16.5 Å². The lowest BCUT2D eigenvalue weighted by Crippen LogP contribution is -2.39. The van der Waals surface area contributed by atoms with Crippen LogP contribution in [0.1, 0.15) is 40.7 Å². The number of allylic oxidation sites excluding steroid dienone is 2. The Bertz CT molecular complexity index is 1530. The van der Waals surface area contributed by atoms with Crippen LogP contribution in [0.3, 0.4) is 0 Å². The number of sulfonamides is 1. The number of hydrogen-bond donors (Lipinski definition) is 1. The van der Waals surface area contributed by atoms with Gasteiger partial charge in [-0.15, -0.1) is 0 Å². The monoisotopic (exact) mass is 483 g/mol.